The monoisotopic (exact) mass is 357 g/mol. The number of thiazole rings is 1. The Morgan fingerprint density at radius 2 is 2.04 bits per heavy atom. The van der Waals surface area contributed by atoms with Crippen molar-refractivity contribution in [1.82, 2.24) is 9.97 Å². The highest BCUT2D eigenvalue weighted by Gasteiger charge is 2.11. The van der Waals surface area contributed by atoms with Crippen molar-refractivity contribution >= 4 is 28.1 Å². The molecule has 3 aromatic rings. The molecule has 0 spiro atoms. The average molecular weight is 358 g/mol. The van der Waals surface area contributed by atoms with Gasteiger partial charge in [-0.3, -0.25) is 4.98 Å². The molecule has 0 bridgehead atoms. The Hall–Kier alpha value is -1.91. The number of hydrogen-bond donors (Lipinski definition) is 1. The predicted octanol–water partition coefficient (Wildman–Crippen LogP) is 5.39. The molecule has 2 aromatic heterocycles. The smallest absolute Gasteiger partial charge is 0.182 e. The van der Waals surface area contributed by atoms with E-state index in [1.807, 2.05) is 42.9 Å². The van der Waals surface area contributed by atoms with Gasteiger partial charge in [0.05, 0.1) is 0 Å². The molecule has 0 aliphatic rings. The summed E-state index contributed by atoms with van der Waals surface area (Å²) in [4.78, 5) is 9.91. The number of halogens is 1. The summed E-state index contributed by atoms with van der Waals surface area (Å²) in [7, 11) is 0. The van der Waals surface area contributed by atoms with Crippen LogP contribution in [0.2, 0.25) is 5.02 Å². The minimum Gasteiger partial charge on any atom is -0.361 e. The Morgan fingerprint density at radius 3 is 2.79 bits per heavy atom. The van der Waals surface area contributed by atoms with Gasteiger partial charge in [0.2, 0.25) is 0 Å². The van der Waals surface area contributed by atoms with E-state index in [2.05, 4.69) is 34.3 Å². The SMILES string of the molecule is CCC(CNc1ncc(Cc2ccccc2Cl)s1)c1cccnc1. The fraction of sp³-hybridized carbons (Fsp3) is 0.263. The van der Waals surface area contributed by atoms with Crippen LogP contribution in [0.25, 0.3) is 0 Å². The molecule has 0 radical (unpaired) electrons. The molecule has 0 aliphatic carbocycles. The Morgan fingerprint density at radius 1 is 1.17 bits per heavy atom. The van der Waals surface area contributed by atoms with E-state index >= 15 is 0 Å². The molecule has 1 unspecified atom stereocenters. The van der Waals surface area contributed by atoms with E-state index in [1.54, 1.807) is 11.3 Å². The van der Waals surface area contributed by atoms with Gasteiger partial charge in [-0.15, -0.1) is 11.3 Å². The maximum atomic E-state index is 6.23. The molecular formula is C19H20ClN3S. The molecule has 5 heteroatoms. The van der Waals surface area contributed by atoms with Crippen molar-refractivity contribution in [3.8, 4) is 0 Å². The lowest BCUT2D eigenvalue weighted by atomic mass is 9.98. The van der Waals surface area contributed by atoms with Crippen LogP contribution in [0.4, 0.5) is 5.13 Å². The van der Waals surface area contributed by atoms with Gasteiger partial charge in [-0.05, 0) is 29.7 Å². The summed E-state index contributed by atoms with van der Waals surface area (Å²) in [5, 5.41) is 5.23. The van der Waals surface area contributed by atoms with Crippen LogP contribution in [-0.4, -0.2) is 16.5 Å². The number of rotatable bonds is 7. The van der Waals surface area contributed by atoms with Crippen molar-refractivity contribution in [2.45, 2.75) is 25.7 Å². The first-order valence-electron chi connectivity index (χ1n) is 8.08. The average Bonchev–Trinajstić information content (AvgIpc) is 3.06. The third kappa shape index (κ3) is 4.34. The fourth-order valence-corrected chi connectivity index (χ4v) is 3.67. The molecule has 3 nitrogen and oxygen atoms in total. The Labute approximate surface area is 151 Å². The van der Waals surface area contributed by atoms with Gasteiger partial charge in [-0.2, -0.15) is 0 Å². The number of pyridine rings is 1. The van der Waals surface area contributed by atoms with E-state index in [9.17, 15) is 0 Å². The summed E-state index contributed by atoms with van der Waals surface area (Å²) < 4.78 is 0. The Bertz CT molecular complexity index is 773. The molecule has 0 fully saturated rings. The van der Waals surface area contributed by atoms with Crippen LogP contribution < -0.4 is 5.32 Å². The lowest BCUT2D eigenvalue weighted by molar-refractivity contribution is 0.691. The van der Waals surface area contributed by atoms with Crippen molar-refractivity contribution in [1.29, 1.82) is 0 Å². The van der Waals surface area contributed by atoms with Crippen LogP contribution in [0.3, 0.4) is 0 Å². The molecule has 1 aromatic carbocycles. The van der Waals surface area contributed by atoms with Crippen molar-refractivity contribution in [2.75, 3.05) is 11.9 Å². The molecule has 0 amide bonds. The molecule has 2 heterocycles. The normalized spacial score (nSPS) is 12.1. The molecule has 0 aliphatic heterocycles. The topological polar surface area (TPSA) is 37.8 Å². The van der Waals surface area contributed by atoms with Crippen molar-refractivity contribution in [3.63, 3.8) is 0 Å². The zero-order valence-electron chi connectivity index (χ0n) is 13.6. The van der Waals surface area contributed by atoms with Crippen LogP contribution in [0.15, 0.2) is 55.0 Å². The van der Waals surface area contributed by atoms with Crippen molar-refractivity contribution < 1.29 is 0 Å². The standard InChI is InChI=1S/C19H20ClN3S/c1-2-14(16-7-5-9-21-11-16)12-22-19-23-13-17(24-19)10-15-6-3-4-8-18(15)20/h3-9,11,13-14H,2,10,12H2,1H3,(H,22,23). The van der Waals surface area contributed by atoms with Crippen LogP contribution >= 0.6 is 22.9 Å². The third-order valence-corrected chi connectivity index (χ3v) is 5.35. The quantitative estimate of drug-likeness (QED) is 0.616. The first-order valence-corrected chi connectivity index (χ1v) is 9.27. The first-order chi connectivity index (χ1) is 11.8. The minimum atomic E-state index is 0.439. The summed E-state index contributed by atoms with van der Waals surface area (Å²) in [6.45, 7) is 3.06. The molecular weight excluding hydrogens is 338 g/mol. The van der Waals surface area contributed by atoms with E-state index in [4.69, 9.17) is 11.6 Å². The van der Waals surface area contributed by atoms with Gasteiger partial charge < -0.3 is 5.32 Å². The number of nitrogens with one attached hydrogen (secondary N) is 1. The Balaban J connectivity index is 1.61. The Kier molecular flexibility index (Phi) is 5.83. The second-order valence-electron chi connectivity index (χ2n) is 5.67. The predicted molar refractivity (Wildman–Crippen MR) is 102 cm³/mol. The highest BCUT2D eigenvalue weighted by atomic mass is 35.5. The van der Waals surface area contributed by atoms with E-state index in [1.165, 1.54) is 10.4 Å². The van der Waals surface area contributed by atoms with E-state index < -0.39 is 0 Å². The first kappa shape index (κ1) is 16.9. The summed E-state index contributed by atoms with van der Waals surface area (Å²) in [5.41, 5.74) is 2.40. The second-order valence-corrected chi connectivity index (χ2v) is 7.19. The molecule has 0 saturated carbocycles. The molecule has 1 N–H and O–H groups in total. The fourth-order valence-electron chi connectivity index (χ4n) is 2.63. The van der Waals surface area contributed by atoms with E-state index in [0.29, 0.717) is 5.92 Å². The summed E-state index contributed by atoms with van der Waals surface area (Å²) in [6, 6.07) is 12.1. The number of nitrogens with zero attached hydrogens (tertiary/aromatic N) is 2. The van der Waals surface area contributed by atoms with E-state index in [-0.39, 0.29) is 0 Å². The van der Waals surface area contributed by atoms with Crippen molar-refractivity contribution in [3.05, 3.63) is 76.0 Å². The highest BCUT2D eigenvalue weighted by Crippen LogP contribution is 2.26. The number of anilines is 1. The second kappa shape index (κ2) is 8.27. The number of benzene rings is 1. The van der Waals surface area contributed by atoms with Gasteiger partial charge in [0, 0.05) is 47.4 Å². The van der Waals surface area contributed by atoms with Crippen LogP contribution in [-0.2, 0) is 6.42 Å². The van der Waals surface area contributed by atoms with Gasteiger partial charge in [0.15, 0.2) is 5.13 Å². The van der Waals surface area contributed by atoms with E-state index in [0.717, 1.165) is 35.1 Å². The highest BCUT2D eigenvalue weighted by molar-refractivity contribution is 7.15. The molecule has 0 saturated heterocycles. The maximum Gasteiger partial charge on any atom is 0.182 e. The third-order valence-electron chi connectivity index (χ3n) is 4.02. The summed E-state index contributed by atoms with van der Waals surface area (Å²) in [5.74, 6) is 0.439. The zero-order valence-corrected chi connectivity index (χ0v) is 15.1. The van der Waals surface area contributed by atoms with Crippen molar-refractivity contribution in [2.24, 2.45) is 0 Å². The van der Waals surface area contributed by atoms with Gasteiger partial charge in [-0.25, -0.2) is 4.98 Å². The van der Waals surface area contributed by atoms with Gasteiger partial charge in [-0.1, -0.05) is 42.8 Å². The van der Waals surface area contributed by atoms with Crippen LogP contribution in [0.5, 0.6) is 0 Å². The summed E-state index contributed by atoms with van der Waals surface area (Å²) >= 11 is 7.92. The number of hydrogen-bond acceptors (Lipinski definition) is 4. The number of aromatic nitrogens is 2. The molecule has 1 atom stereocenters. The van der Waals surface area contributed by atoms with Gasteiger partial charge in [0.25, 0.3) is 0 Å². The van der Waals surface area contributed by atoms with Crippen LogP contribution in [0.1, 0.15) is 35.3 Å². The maximum absolute atomic E-state index is 6.23. The molecule has 3 rings (SSSR count). The summed E-state index contributed by atoms with van der Waals surface area (Å²) in [6.07, 6.45) is 7.57. The lowest BCUT2D eigenvalue weighted by Gasteiger charge is -2.15. The largest absolute Gasteiger partial charge is 0.361 e. The zero-order chi connectivity index (χ0) is 16.8. The molecule has 24 heavy (non-hydrogen) atoms. The molecule has 124 valence electrons. The lowest BCUT2D eigenvalue weighted by Crippen LogP contribution is -2.12. The minimum absolute atomic E-state index is 0.439. The van der Waals surface area contributed by atoms with Crippen LogP contribution in [0, 0.1) is 0 Å². The van der Waals surface area contributed by atoms with Gasteiger partial charge >= 0.3 is 0 Å². The van der Waals surface area contributed by atoms with Gasteiger partial charge in [0.1, 0.15) is 0 Å².